The van der Waals surface area contributed by atoms with E-state index in [1.165, 1.54) is 95.3 Å². The summed E-state index contributed by atoms with van der Waals surface area (Å²) in [5.74, 6) is 0. The van der Waals surface area contributed by atoms with Crippen LogP contribution in [-0.2, 0) is 0 Å². The van der Waals surface area contributed by atoms with E-state index in [0.717, 1.165) is 0 Å². The van der Waals surface area contributed by atoms with Gasteiger partial charge in [-0.15, -0.1) is 22.7 Å². The molecule has 0 aliphatic carbocycles. The number of para-hydroxylation sites is 4. The van der Waals surface area contributed by atoms with Gasteiger partial charge in [-0.25, -0.2) is 0 Å². The minimum absolute atomic E-state index is 1.18. The van der Waals surface area contributed by atoms with Crippen LogP contribution in [0.5, 0.6) is 0 Å². The molecule has 11 aromatic rings. The quantitative estimate of drug-likeness (QED) is 0.182. The molecule has 0 aliphatic rings. The molecule has 0 aliphatic heterocycles. The van der Waals surface area contributed by atoms with Crippen molar-refractivity contribution in [3.05, 3.63) is 146 Å². The first-order valence-corrected chi connectivity index (χ1v) is 17.2. The highest BCUT2D eigenvalue weighted by molar-refractivity contribution is 7.26. The number of aromatic nitrogens is 2. The van der Waals surface area contributed by atoms with Gasteiger partial charge in [0, 0.05) is 61.9 Å². The van der Waals surface area contributed by atoms with Crippen molar-refractivity contribution >= 4 is 107 Å². The molecule has 214 valence electrons. The lowest BCUT2D eigenvalue weighted by Gasteiger charge is -2.17. The van der Waals surface area contributed by atoms with E-state index in [9.17, 15) is 0 Å². The summed E-state index contributed by atoms with van der Waals surface area (Å²) in [6.45, 7) is 0. The van der Waals surface area contributed by atoms with Gasteiger partial charge >= 0.3 is 0 Å². The zero-order chi connectivity index (χ0) is 29.9. The van der Waals surface area contributed by atoms with Gasteiger partial charge in [-0.05, 0) is 48.5 Å². The average molecular weight is 621 g/mol. The van der Waals surface area contributed by atoms with E-state index in [2.05, 4.69) is 155 Å². The van der Waals surface area contributed by atoms with E-state index >= 15 is 0 Å². The highest BCUT2D eigenvalue weighted by Gasteiger charge is 2.23. The second-order valence-corrected chi connectivity index (χ2v) is 14.2. The highest BCUT2D eigenvalue weighted by Crippen LogP contribution is 2.46. The summed E-state index contributed by atoms with van der Waals surface area (Å²) >= 11 is 3.76. The molecule has 0 unspecified atom stereocenters. The Labute approximate surface area is 271 Å². The fourth-order valence-electron chi connectivity index (χ4n) is 7.87. The maximum Gasteiger partial charge on any atom is 0.0703 e. The molecule has 0 atom stereocenters. The second kappa shape index (κ2) is 9.07. The van der Waals surface area contributed by atoms with Crippen LogP contribution in [0.15, 0.2) is 146 Å². The van der Waals surface area contributed by atoms with Crippen molar-refractivity contribution in [2.24, 2.45) is 0 Å². The summed E-state index contributed by atoms with van der Waals surface area (Å²) in [7, 11) is 0. The number of rotatable bonds is 2. The molecule has 0 N–H and O–H groups in total. The number of nitrogens with zero attached hydrogens (tertiary/aromatic N) is 2. The van der Waals surface area contributed by atoms with Crippen molar-refractivity contribution in [1.82, 2.24) is 9.13 Å². The van der Waals surface area contributed by atoms with Crippen LogP contribution in [0.1, 0.15) is 0 Å². The van der Waals surface area contributed by atoms with Crippen molar-refractivity contribution in [2.75, 3.05) is 0 Å². The van der Waals surface area contributed by atoms with E-state index in [-0.39, 0.29) is 0 Å². The Morgan fingerprint density at radius 2 is 0.696 bits per heavy atom. The summed E-state index contributed by atoms with van der Waals surface area (Å²) in [4.78, 5) is 0. The zero-order valence-electron chi connectivity index (χ0n) is 24.6. The molecule has 0 saturated heterocycles. The summed E-state index contributed by atoms with van der Waals surface area (Å²) in [5.41, 5.74) is 7.34. The van der Waals surface area contributed by atoms with E-state index < -0.39 is 0 Å². The van der Waals surface area contributed by atoms with Gasteiger partial charge in [-0.1, -0.05) is 97.1 Å². The van der Waals surface area contributed by atoms with Crippen LogP contribution in [0, 0.1) is 0 Å². The molecule has 11 rings (SSSR count). The van der Waals surface area contributed by atoms with Crippen molar-refractivity contribution in [2.45, 2.75) is 0 Å². The lowest BCUT2D eigenvalue weighted by atomic mass is 10.1. The lowest BCUT2D eigenvalue weighted by molar-refractivity contribution is 1.10. The lowest BCUT2D eigenvalue weighted by Crippen LogP contribution is -2.03. The van der Waals surface area contributed by atoms with Gasteiger partial charge in [0.25, 0.3) is 0 Å². The predicted octanol–water partition coefficient (Wildman–Crippen LogP) is 12.6. The van der Waals surface area contributed by atoms with E-state index in [1.807, 2.05) is 22.7 Å². The van der Waals surface area contributed by atoms with Gasteiger partial charge < -0.3 is 9.13 Å². The second-order valence-electron chi connectivity index (χ2n) is 12.1. The zero-order valence-corrected chi connectivity index (χ0v) is 26.2. The first kappa shape index (κ1) is 24.8. The molecular formula is C42H24N2S2. The first-order chi connectivity index (χ1) is 22.8. The summed E-state index contributed by atoms with van der Waals surface area (Å²) in [6, 6.07) is 53.8. The Morgan fingerprint density at radius 3 is 1.17 bits per heavy atom. The number of fused-ring (bicyclic) bond motifs is 14. The fourth-order valence-corrected chi connectivity index (χ4v) is 10.1. The number of hydrogen-bond acceptors (Lipinski definition) is 2. The third-order valence-corrected chi connectivity index (χ3v) is 12.0. The van der Waals surface area contributed by atoms with Gasteiger partial charge in [0.15, 0.2) is 0 Å². The van der Waals surface area contributed by atoms with Crippen LogP contribution in [0.3, 0.4) is 0 Å². The van der Waals surface area contributed by atoms with E-state index in [1.54, 1.807) is 0 Å². The summed E-state index contributed by atoms with van der Waals surface area (Å²) < 4.78 is 10.4. The molecule has 4 aromatic heterocycles. The molecule has 0 fully saturated rings. The predicted molar refractivity (Wildman–Crippen MR) is 201 cm³/mol. The topological polar surface area (TPSA) is 9.86 Å². The maximum absolute atomic E-state index is 2.54. The van der Waals surface area contributed by atoms with Crippen molar-refractivity contribution in [3.8, 4) is 11.4 Å². The van der Waals surface area contributed by atoms with Crippen LogP contribution in [-0.4, -0.2) is 9.13 Å². The largest absolute Gasteiger partial charge is 0.306 e. The number of hydrogen-bond donors (Lipinski definition) is 0. The Balaban J connectivity index is 1.36. The molecule has 0 amide bonds. The van der Waals surface area contributed by atoms with E-state index in [0.29, 0.717) is 0 Å². The smallest absolute Gasteiger partial charge is 0.0703 e. The molecule has 0 spiro atoms. The normalized spacial score (nSPS) is 12.3. The van der Waals surface area contributed by atoms with Gasteiger partial charge in [0.1, 0.15) is 0 Å². The Kier molecular flexibility index (Phi) is 4.90. The third kappa shape index (κ3) is 3.15. The SMILES string of the molecule is c1ccc(-n2c3ccccc3c3ccc4sc5ccccc5c4c32)c(-n2c3ccccc3c3ccc4sc5ccccc5c4c32)c1. The Morgan fingerprint density at radius 1 is 0.304 bits per heavy atom. The van der Waals surface area contributed by atoms with E-state index in [4.69, 9.17) is 0 Å². The van der Waals surface area contributed by atoms with Gasteiger partial charge in [0.2, 0.25) is 0 Å². The Bertz CT molecular complexity index is 2830. The Hall–Kier alpha value is -5.42. The molecule has 46 heavy (non-hydrogen) atoms. The van der Waals surface area contributed by atoms with Crippen LogP contribution in [0.4, 0.5) is 0 Å². The van der Waals surface area contributed by atoms with Crippen LogP contribution in [0.25, 0.3) is 95.3 Å². The van der Waals surface area contributed by atoms with Gasteiger partial charge in [-0.2, -0.15) is 0 Å². The van der Waals surface area contributed by atoms with Crippen LogP contribution >= 0.6 is 22.7 Å². The number of benzene rings is 7. The number of thiophene rings is 2. The van der Waals surface area contributed by atoms with Crippen LogP contribution < -0.4 is 0 Å². The molecule has 7 aromatic carbocycles. The average Bonchev–Trinajstić information content (AvgIpc) is 3.85. The van der Waals surface area contributed by atoms with Crippen molar-refractivity contribution in [1.29, 1.82) is 0 Å². The van der Waals surface area contributed by atoms with Gasteiger partial charge in [-0.3, -0.25) is 0 Å². The molecule has 2 nitrogen and oxygen atoms in total. The minimum Gasteiger partial charge on any atom is -0.306 e. The molecule has 4 heteroatoms. The fraction of sp³-hybridized carbons (Fsp3) is 0. The molecule has 4 heterocycles. The molecule has 0 saturated carbocycles. The third-order valence-electron chi connectivity index (χ3n) is 9.71. The van der Waals surface area contributed by atoms with Crippen molar-refractivity contribution in [3.63, 3.8) is 0 Å². The molecule has 0 radical (unpaired) electrons. The van der Waals surface area contributed by atoms with Crippen molar-refractivity contribution < 1.29 is 0 Å². The van der Waals surface area contributed by atoms with Gasteiger partial charge in [0.05, 0.1) is 33.4 Å². The summed E-state index contributed by atoms with van der Waals surface area (Å²) in [6.07, 6.45) is 0. The minimum atomic E-state index is 1.18. The molecular weight excluding hydrogens is 597 g/mol. The highest BCUT2D eigenvalue weighted by atomic mass is 32.1. The molecule has 0 bridgehead atoms. The first-order valence-electron chi connectivity index (χ1n) is 15.6. The monoisotopic (exact) mass is 620 g/mol. The standard InChI is InChI=1S/C42H24N2S2/c1-5-15-31-25(11-1)27-21-23-37-39(29-13-3-9-19-35(29)45-37)41(27)43(31)33-17-7-8-18-34(33)44-32-16-6-2-12-26(32)28-22-24-38-40(42(28)44)30-14-4-10-20-36(30)46-38/h1-24H. The summed E-state index contributed by atoms with van der Waals surface area (Å²) in [5, 5.41) is 10.4. The maximum atomic E-state index is 2.54. The van der Waals surface area contributed by atoms with Crippen LogP contribution in [0.2, 0.25) is 0 Å².